The molecule has 0 radical (unpaired) electrons. The van der Waals surface area contributed by atoms with Gasteiger partial charge in [0.2, 0.25) is 0 Å². The van der Waals surface area contributed by atoms with Gasteiger partial charge in [-0.2, -0.15) is 5.10 Å². The first-order valence-corrected chi connectivity index (χ1v) is 13.9. The first-order valence-electron chi connectivity index (χ1n) is 12.2. The molecule has 7 nitrogen and oxygen atoms in total. The SMILES string of the molecule is CCOP(=O)(CCC(O)c1ncn(C(c2ccccc2)(c2ccccc2)c2ccccc2)n1)OCC. The molecule has 0 saturated carbocycles. The Morgan fingerprint density at radius 2 is 1.28 bits per heavy atom. The van der Waals surface area contributed by atoms with Gasteiger partial charge in [0.25, 0.3) is 0 Å². The highest BCUT2D eigenvalue weighted by Crippen LogP contribution is 2.49. The normalized spacial score (nSPS) is 13.0. The summed E-state index contributed by atoms with van der Waals surface area (Å²) in [6, 6.07) is 30.4. The van der Waals surface area contributed by atoms with Gasteiger partial charge in [0.1, 0.15) is 18.0 Å². The van der Waals surface area contributed by atoms with Crippen LogP contribution in [0.4, 0.5) is 0 Å². The molecule has 0 bridgehead atoms. The first-order chi connectivity index (χ1) is 17.5. The van der Waals surface area contributed by atoms with E-state index in [4.69, 9.17) is 14.1 Å². The molecule has 1 N–H and O–H groups in total. The van der Waals surface area contributed by atoms with Gasteiger partial charge in [-0.1, -0.05) is 91.0 Å². The number of rotatable bonds is 12. The molecule has 4 aromatic rings. The number of nitrogens with zero attached hydrogens (tertiary/aromatic N) is 3. The highest BCUT2D eigenvalue weighted by molar-refractivity contribution is 7.53. The van der Waals surface area contributed by atoms with Crippen LogP contribution in [0.3, 0.4) is 0 Å². The molecular weight excluding hydrogens is 473 g/mol. The van der Waals surface area contributed by atoms with Crippen molar-refractivity contribution in [2.75, 3.05) is 19.4 Å². The molecule has 3 aromatic carbocycles. The predicted octanol–water partition coefficient (Wildman–Crippen LogP) is 5.81. The third kappa shape index (κ3) is 5.35. The molecule has 0 amide bonds. The van der Waals surface area contributed by atoms with Crippen LogP contribution in [0, 0.1) is 0 Å². The standard InChI is InChI=1S/C28H32N3O4P/c1-3-34-36(33,35-4-2)21-20-26(32)27-29-22-31(30-27)28(23-14-8-5-9-15-23,24-16-10-6-11-17-24)25-18-12-7-13-19-25/h5-19,22,26,32H,3-4,20-21H2,1-2H3. The molecule has 8 heteroatoms. The van der Waals surface area contributed by atoms with Crippen LogP contribution in [-0.2, 0) is 19.2 Å². The van der Waals surface area contributed by atoms with Crippen molar-refractivity contribution in [3.8, 4) is 0 Å². The molecule has 0 aliphatic heterocycles. The van der Waals surface area contributed by atoms with Crippen LogP contribution >= 0.6 is 7.60 Å². The lowest BCUT2D eigenvalue weighted by atomic mass is 9.77. The van der Waals surface area contributed by atoms with Crippen molar-refractivity contribution in [1.82, 2.24) is 14.8 Å². The molecular formula is C28H32N3O4P. The molecule has 36 heavy (non-hydrogen) atoms. The van der Waals surface area contributed by atoms with E-state index in [1.165, 1.54) is 0 Å². The van der Waals surface area contributed by atoms with E-state index in [2.05, 4.69) is 41.4 Å². The molecule has 0 aliphatic carbocycles. The fourth-order valence-corrected chi connectivity index (χ4v) is 6.17. The summed E-state index contributed by atoms with van der Waals surface area (Å²) in [6.45, 7) is 4.07. The molecule has 1 unspecified atom stereocenters. The quantitative estimate of drug-likeness (QED) is 0.193. The molecule has 188 valence electrons. The zero-order valence-corrected chi connectivity index (χ0v) is 21.5. The van der Waals surface area contributed by atoms with Crippen LogP contribution < -0.4 is 0 Å². The Hall–Kier alpha value is -3.09. The minimum absolute atomic E-state index is 0.0750. The Morgan fingerprint density at radius 3 is 1.69 bits per heavy atom. The van der Waals surface area contributed by atoms with E-state index in [1.54, 1.807) is 24.9 Å². The summed E-state index contributed by atoms with van der Waals surface area (Å²) in [5.74, 6) is 0.252. The summed E-state index contributed by atoms with van der Waals surface area (Å²) in [5, 5.41) is 15.7. The largest absolute Gasteiger partial charge is 0.385 e. The van der Waals surface area contributed by atoms with Gasteiger partial charge in [0, 0.05) is 0 Å². The van der Waals surface area contributed by atoms with Crippen LogP contribution in [0.15, 0.2) is 97.3 Å². The number of aliphatic hydroxyl groups excluding tert-OH is 1. The Labute approximate surface area is 212 Å². The van der Waals surface area contributed by atoms with Gasteiger partial charge in [0.15, 0.2) is 5.82 Å². The summed E-state index contributed by atoms with van der Waals surface area (Å²) in [6.07, 6.45) is 0.846. The molecule has 0 aliphatic rings. The molecule has 1 heterocycles. The van der Waals surface area contributed by atoms with Crippen molar-refractivity contribution < 1.29 is 18.7 Å². The van der Waals surface area contributed by atoms with Crippen molar-refractivity contribution in [2.45, 2.75) is 31.9 Å². The van der Waals surface area contributed by atoms with Gasteiger partial charge in [-0.15, -0.1) is 0 Å². The maximum Gasteiger partial charge on any atom is 0.330 e. The van der Waals surface area contributed by atoms with E-state index in [0.717, 1.165) is 16.7 Å². The van der Waals surface area contributed by atoms with Crippen LogP contribution in [-0.4, -0.2) is 39.2 Å². The lowest BCUT2D eigenvalue weighted by molar-refractivity contribution is 0.156. The van der Waals surface area contributed by atoms with Crippen molar-refractivity contribution in [3.63, 3.8) is 0 Å². The Bertz CT molecular complexity index is 1160. The fraction of sp³-hybridized carbons (Fsp3) is 0.286. The van der Waals surface area contributed by atoms with Gasteiger partial charge in [-0.05, 0) is 37.0 Å². The number of hydrogen-bond donors (Lipinski definition) is 1. The molecule has 1 aromatic heterocycles. The number of hydrogen-bond acceptors (Lipinski definition) is 6. The predicted molar refractivity (Wildman–Crippen MR) is 140 cm³/mol. The number of benzene rings is 3. The fourth-order valence-electron chi connectivity index (χ4n) is 4.49. The second-order valence-electron chi connectivity index (χ2n) is 8.33. The van der Waals surface area contributed by atoms with Crippen molar-refractivity contribution >= 4 is 7.60 Å². The van der Waals surface area contributed by atoms with E-state index in [9.17, 15) is 9.67 Å². The van der Waals surface area contributed by atoms with Crippen LogP contribution in [0.25, 0.3) is 0 Å². The minimum Gasteiger partial charge on any atom is -0.385 e. The third-order valence-corrected chi connectivity index (χ3v) is 8.16. The Balaban J connectivity index is 1.77. The minimum atomic E-state index is -3.29. The summed E-state index contributed by atoms with van der Waals surface area (Å²) in [4.78, 5) is 4.48. The van der Waals surface area contributed by atoms with Crippen LogP contribution in [0.1, 0.15) is 48.9 Å². The van der Waals surface area contributed by atoms with E-state index in [-0.39, 0.29) is 31.6 Å². The Kier molecular flexibility index (Phi) is 8.49. The Morgan fingerprint density at radius 1 is 0.833 bits per heavy atom. The lowest BCUT2D eigenvalue weighted by Crippen LogP contribution is -2.38. The van der Waals surface area contributed by atoms with E-state index in [1.807, 2.05) is 54.6 Å². The molecule has 0 spiro atoms. The first kappa shape index (κ1) is 26.0. The van der Waals surface area contributed by atoms with E-state index in [0.29, 0.717) is 0 Å². The third-order valence-electron chi connectivity index (χ3n) is 6.05. The average molecular weight is 506 g/mol. The summed E-state index contributed by atoms with van der Waals surface area (Å²) in [5.41, 5.74) is 2.20. The number of aliphatic hydroxyl groups is 1. The van der Waals surface area contributed by atoms with Gasteiger partial charge >= 0.3 is 7.60 Å². The smallest absolute Gasteiger partial charge is 0.330 e. The van der Waals surface area contributed by atoms with Crippen molar-refractivity contribution in [2.24, 2.45) is 0 Å². The van der Waals surface area contributed by atoms with Crippen molar-refractivity contribution in [1.29, 1.82) is 0 Å². The molecule has 1 atom stereocenters. The van der Waals surface area contributed by atoms with Crippen LogP contribution in [0.2, 0.25) is 0 Å². The highest BCUT2D eigenvalue weighted by Gasteiger charge is 2.40. The molecule has 0 fully saturated rings. The van der Waals surface area contributed by atoms with Gasteiger partial charge in [-0.3, -0.25) is 4.57 Å². The second-order valence-corrected chi connectivity index (χ2v) is 10.5. The maximum absolute atomic E-state index is 12.9. The summed E-state index contributed by atoms with van der Waals surface area (Å²) in [7, 11) is -3.29. The van der Waals surface area contributed by atoms with Crippen molar-refractivity contribution in [3.05, 3.63) is 120 Å². The lowest BCUT2D eigenvalue weighted by Gasteiger charge is -2.35. The topological polar surface area (TPSA) is 86.5 Å². The monoisotopic (exact) mass is 505 g/mol. The highest BCUT2D eigenvalue weighted by atomic mass is 31.2. The summed E-state index contributed by atoms with van der Waals surface area (Å²) < 4.78 is 25.4. The zero-order valence-electron chi connectivity index (χ0n) is 20.6. The van der Waals surface area contributed by atoms with Crippen LogP contribution in [0.5, 0.6) is 0 Å². The second kappa shape index (κ2) is 11.8. The molecule has 0 saturated heterocycles. The maximum atomic E-state index is 12.9. The van der Waals surface area contributed by atoms with E-state index >= 15 is 0 Å². The molecule has 4 rings (SSSR count). The van der Waals surface area contributed by atoms with Gasteiger partial charge < -0.3 is 14.2 Å². The van der Waals surface area contributed by atoms with Gasteiger partial charge in [-0.25, -0.2) is 9.67 Å². The zero-order chi connectivity index (χ0) is 25.4. The average Bonchev–Trinajstić information content (AvgIpc) is 3.41. The number of aromatic nitrogens is 3. The summed E-state index contributed by atoms with van der Waals surface area (Å²) >= 11 is 0. The van der Waals surface area contributed by atoms with E-state index < -0.39 is 19.2 Å². The van der Waals surface area contributed by atoms with Gasteiger partial charge in [0.05, 0.1) is 19.4 Å².